The van der Waals surface area contributed by atoms with Gasteiger partial charge in [0.1, 0.15) is 29.6 Å². The topological polar surface area (TPSA) is 137 Å². The predicted molar refractivity (Wildman–Crippen MR) is 125 cm³/mol. The van der Waals surface area contributed by atoms with Gasteiger partial charge in [0.25, 0.3) is 0 Å². The van der Waals surface area contributed by atoms with E-state index in [1.165, 1.54) is 17.4 Å². The third-order valence-electron chi connectivity index (χ3n) is 7.25. The van der Waals surface area contributed by atoms with Gasteiger partial charge in [0.2, 0.25) is 11.8 Å². The van der Waals surface area contributed by atoms with Crippen LogP contribution in [0.1, 0.15) is 45.1 Å². The summed E-state index contributed by atoms with van der Waals surface area (Å²) >= 11 is 0. The number of aliphatic hydroxyl groups is 1. The number of fused-ring (bicyclic) bond motifs is 3. The summed E-state index contributed by atoms with van der Waals surface area (Å²) in [6.45, 7) is 4.94. The Labute approximate surface area is 213 Å². The van der Waals surface area contributed by atoms with Crippen molar-refractivity contribution in [3.8, 4) is 0 Å². The predicted octanol–water partition coefficient (Wildman–Crippen LogP) is 2.34. The number of hydrogen-bond acceptors (Lipinski definition) is 8. The summed E-state index contributed by atoms with van der Waals surface area (Å²) in [5.74, 6) is -3.00. The lowest BCUT2D eigenvalue weighted by Crippen LogP contribution is -2.85. The molecule has 37 heavy (non-hydrogen) atoms. The molecule has 0 spiro atoms. The van der Waals surface area contributed by atoms with E-state index in [2.05, 4.69) is 0 Å². The number of ether oxygens (including phenoxy) is 1. The molecule has 3 saturated heterocycles. The van der Waals surface area contributed by atoms with E-state index in [4.69, 9.17) is 13.6 Å². The highest BCUT2D eigenvalue weighted by atomic mass is 16.5. The lowest BCUT2D eigenvalue weighted by atomic mass is 9.91. The Bertz CT molecular complexity index is 1180. The van der Waals surface area contributed by atoms with Gasteiger partial charge in [0, 0.05) is 0 Å². The Morgan fingerprint density at radius 2 is 1.73 bits per heavy atom. The van der Waals surface area contributed by atoms with E-state index < -0.39 is 53.8 Å². The Kier molecular flexibility index (Phi) is 6.22. The zero-order valence-corrected chi connectivity index (χ0v) is 20.9. The highest BCUT2D eigenvalue weighted by Crippen LogP contribution is 2.46. The molecule has 0 bridgehead atoms. The Morgan fingerprint density at radius 3 is 2.30 bits per heavy atom. The molecule has 0 radical (unpaired) electrons. The van der Waals surface area contributed by atoms with Crippen molar-refractivity contribution in [2.45, 2.75) is 70.7 Å². The van der Waals surface area contributed by atoms with Crippen molar-refractivity contribution in [1.29, 1.82) is 0 Å². The molecule has 198 valence electrons. The molecule has 3 fully saturated rings. The van der Waals surface area contributed by atoms with Gasteiger partial charge in [0.05, 0.1) is 32.2 Å². The van der Waals surface area contributed by atoms with Crippen LogP contribution in [0.4, 0.5) is 9.59 Å². The first-order valence-electron chi connectivity index (χ1n) is 12.4. The lowest BCUT2D eigenvalue weighted by molar-refractivity contribution is -0.263. The number of furan rings is 2. The van der Waals surface area contributed by atoms with Crippen molar-refractivity contribution in [1.82, 2.24) is 19.6 Å². The number of piperazine rings is 1. The highest BCUT2D eigenvalue weighted by molar-refractivity contribution is 6.01. The van der Waals surface area contributed by atoms with Crippen LogP contribution in [0.2, 0.25) is 0 Å². The van der Waals surface area contributed by atoms with E-state index in [9.17, 15) is 24.3 Å². The van der Waals surface area contributed by atoms with Crippen LogP contribution in [-0.4, -0.2) is 79.2 Å². The standard InChI is InChI=1S/C25H30N4O8/c1-4-35-22(31)18-9-10-19-25(34)27(14-17-8-6-12-37-17)23(32)26(13-16-7-5-11-36-16)24(33)29(25)20(15(2)3)21(30)28(18)19/h5-8,11-12,15,18-20,34H,4,9-10,13-14H2,1-3H3/t18-,19+,20+,25+/m0/s1. The van der Waals surface area contributed by atoms with Gasteiger partial charge in [-0.15, -0.1) is 0 Å². The molecule has 4 atom stereocenters. The van der Waals surface area contributed by atoms with Crippen molar-refractivity contribution in [2.75, 3.05) is 6.61 Å². The smallest absolute Gasteiger partial charge is 0.333 e. The summed E-state index contributed by atoms with van der Waals surface area (Å²) in [5.41, 5.74) is 0. The molecule has 0 unspecified atom stereocenters. The quantitative estimate of drug-likeness (QED) is 0.556. The number of hydrogen-bond donors (Lipinski definition) is 1. The van der Waals surface area contributed by atoms with Gasteiger partial charge in [-0.2, -0.15) is 0 Å². The van der Waals surface area contributed by atoms with Crippen LogP contribution in [-0.2, 0) is 27.4 Å². The molecule has 12 heteroatoms. The van der Waals surface area contributed by atoms with Crippen molar-refractivity contribution in [3.05, 3.63) is 48.3 Å². The van der Waals surface area contributed by atoms with Crippen LogP contribution < -0.4 is 0 Å². The SMILES string of the molecule is CCOC(=O)[C@@H]1CC[C@H]2N1C(=O)[C@@H](C(C)C)N1C(=O)N(Cc3ccco3)C(=O)N(Cc3ccco3)[C@]21O. The maximum absolute atomic E-state index is 13.9. The number of nitrogens with zero attached hydrogens (tertiary/aromatic N) is 4. The van der Waals surface area contributed by atoms with Gasteiger partial charge < -0.3 is 23.6 Å². The van der Waals surface area contributed by atoms with Crippen molar-refractivity contribution in [2.24, 2.45) is 5.92 Å². The summed E-state index contributed by atoms with van der Waals surface area (Å²) in [5, 5.41) is 12.4. The maximum atomic E-state index is 13.9. The zero-order chi connectivity index (χ0) is 26.5. The number of imide groups is 1. The monoisotopic (exact) mass is 514 g/mol. The fourth-order valence-corrected chi connectivity index (χ4v) is 5.68. The summed E-state index contributed by atoms with van der Waals surface area (Å²) in [6, 6.07) is 1.86. The molecular formula is C25H30N4O8. The normalized spacial score (nSPS) is 27.7. The van der Waals surface area contributed by atoms with Gasteiger partial charge in [0.15, 0.2) is 0 Å². The summed E-state index contributed by atoms with van der Waals surface area (Å²) < 4.78 is 16.1. The first kappa shape index (κ1) is 24.9. The summed E-state index contributed by atoms with van der Waals surface area (Å²) in [6.07, 6.45) is 3.28. The molecule has 5 rings (SSSR count). The second-order valence-electron chi connectivity index (χ2n) is 9.75. The molecule has 0 aliphatic carbocycles. The number of carbonyl (C=O) groups excluding carboxylic acids is 4. The van der Waals surface area contributed by atoms with Crippen molar-refractivity contribution >= 4 is 23.9 Å². The van der Waals surface area contributed by atoms with Crippen LogP contribution in [0.5, 0.6) is 0 Å². The van der Waals surface area contributed by atoms with Crippen molar-refractivity contribution < 1.29 is 37.9 Å². The van der Waals surface area contributed by atoms with Crippen molar-refractivity contribution in [3.63, 3.8) is 0 Å². The fraction of sp³-hybridized carbons (Fsp3) is 0.520. The second-order valence-corrected chi connectivity index (χ2v) is 9.75. The highest BCUT2D eigenvalue weighted by Gasteiger charge is 2.69. The van der Waals surface area contributed by atoms with Gasteiger partial charge in [-0.1, -0.05) is 13.8 Å². The minimum atomic E-state index is -2.23. The van der Waals surface area contributed by atoms with Crippen LogP contribution in [0.25, 0.3) is 0 Å². The van der Waals surface area contributed by atoms with E-state index in [0.29, 0.717) is 11.5 Å². The molecule has 12 nitrogen and oxygen atoms in total. The first-order valence-corrected chi connectivity index (χ1v) is 12.4. The van der Waals surface area contributed by atoms with Gasteiger partial charge in [-0.3, -0.25) is 14.6 Å². The number of amides is 5. The molecule has 2 aromatic rings. The number of urea groups is 2. The number of rotatable bonds is 7. The van der Waals surface area contributed by atoms with E-state index in [0.717, 1.165) is 14.7 Å². The van der Waals surface area contributed by atoms with Crippen LogP contribution in [0.15, 0.2) is 45.6 Å². The fourth-order valence-electron chi connectivity index (χ4n) is 5.68. The summed E-state index contributed by atoms with van der Waals surface area (Å²) in [7, 11) is 0. The second kappa shape index (κ2) is 9.25. The first-order chi connectivity index (χ1) is 17.7. The van der Waals surface area contributed by atoms with Gasteiger partial charge >= 0.3 is 18.0 Å². The minimum absolute atomic E-state index is 0.134. The average Bonchev–Trinajstić information content (AvgIpc) is 3.63. The Hall–Kier alpha value is -3.80. The van der Waals surface area contributed by atoms with Crippen LogP contribution >= 0.6 is 0 Å². The Balaban J connectivity index is 1.63. The van der Waals surface area contributed by atoms with Gasteiger partial charge in [-0.05, 0) is 49.9 Å². The third kappa shape index (κ3) is 3.78. The molecule has 3 aliphatic heterocycles. The molecule has 1 N–H and O–H groups in total. The largest absolute Gasteiger partial charge is 0.467 e. The van der Waals surface area contributed by atoms with Crippen LogP contribution in [0.3, 0.4) is 0 Å². The molecular weight excluding hydrogens is 484 g/mol. The van der Waals surface area contributed by atoms with E-state index in [-0.39, 0.29) is 32.5 Å². The van der Waals surface area contributed by atoms with E-state index in [1.54, 1.807) is 45.0 Å². The van der Waals surface area contributed by atoms with Gasteiger partial charge in [-0.25, -0.2) is 19.3 Å². The number of esters is 1. The average molecular weight is 515 g/mol. The Morgan fingerprint density at radius 1 is 1.08 bits per heavy atom. The third-order valence-corrected chi connectivity index (χ3v) is 7.25. The molecule has 3 aliphatic rings. The molecule has 5 amide bonds. The van der Waals surface area contributed by atoms with E-state index >= 15 is 0 Å². The minimum Gasteiger partial charge on any atom is -0.467 e. The molecule has 2 aromatic heterocycles. The summed E-state index contributed by atoms with van der Waals surface area (Å²) in [4.78, 5) is 59.0. The van der Waals surface area contributed by atoms with Crippen LogP contribution in [0, 0.1) is 5.92 Å². The number of carbonyl (C=O) groups is 4. The molecule has 0 aromatic carbocycles. The maximum Gasteiger partial charge on any atom is 0.333 e. The zero-order valence-electron chi connectivity index (χ0n) is 20.9. The molecule has 5 heterocycles. The molecule has 0 saturated carbocycles. The van der Waals surface area contributed by atoms with E-state index in [1.807, 2.05) is 0 Å². The lowest BCUT2D eigenvalue weighted by Gasteiger charge is -2.61.